The third-order valence-electron chi connectivity index (χ3n) is 8.10. The van der Waals surface area contributed by atoms with Gasteiger partial charge >= 0.3 is 6.09 Å². The predicted octanol–water partition coefficient (Wildman–Crippen LogP) is 6.98. The van der Waals surface area contributed by atoms with Gasteiger partial charge in [0.1, 0.15) is 18.3 Å². The molecule has 4 aromatic rings. The largest absolute Gasteiger partial charge is 0.457 e. The summed E-state index contributed by atoms with van der Waals surface area (Å²) < 4.78 is 11.6. The Morgan fingerprint density at radius 1 is 0.886 bits per heavy atom. The Balaban J connectivity index is 1.47. The van der Waals surface area contributed by atoms with Crippen LogP contribution in [0, 0.1) is 12.8 Å². The van der Waals surface area contributed by atoms with Gasteiger partial charge in [0.15, 0.2) is 5.76 Å². The topological polar surface area (TPSA) is 97.1 Å². The Morgan fingerprint density at radius 3 is 2.30 bits per heavy atom. The monoisotopic (exact) mass is 593 g/mol. The number of benzene rings is 3. The Bertz CT molecular complexity index is 1560. The molecule has 1 N–H and O–H groups in total. The van der Waals surface area contributed by atoms with Crippen molar-refractivity contribution in [2.75, 3.05) is 13.2 Å². The molecule has 1 aliphatic rings. The van der Waals surface area contributed by atoms with E-state index in [1.165, 1.54) is 0 Å². The minimum atomic E-state index is -1.17. The molecule has 1 saturated heterocycles. The number of hydrogen-bond donors (Lipinski definition) is 1. The van der Waals surface area contributed by atoms with Gasteiger partial charge in [-0.25, -0.2) is 9.69 Å². The van der Waals surface area contributed by atoms with Crippen molar-refractivity contribution in [3.63, 3.8) is 0 Å². The van der Waals surface area contributed by atoms with Crippen molar-refractivity contribution in [2.24, 2.45) is 5.92 Å². The van der Waals surface area contributed by atoms with Crippen LogP contribution in [0.2, 0.25) is 0 Å². The number of carbonyl (C=O) groups is 3. The molecule has 228 valence electrons. The van der Waals surface area contributed by atoms with Gasteiger partial charge in [0, 0.05) is 18.6 Å². The van der Waals surface area contributed by atoms with E-state index in [2.05, 4.69) is 6.07 Å². The minimum absolute atomic E-state index is 0.0738. The fourth-order valence-electron chi connectivity index (χ4n) is 5.79. The van der Waals surface area contributed by atoms with Gasteiger partial charge in [-0.15, -0.1) is 0 Å². The number of amides is 2. The minimum Gasteiger partial charge on any atom is -0.457 e. The zero-order valence-corrected chi connectivity index (χ0v) is 25.1. The normalized spacial score (nSPS) is 15.3. The first kappa shape index (κ1) is 31.0. The highest BCUT2D eigenvalue weighted by Gasteiger charge is 2.44. The summed E-state index contributed by atoms with van der Waals surface area (Å²) in [6.45, 7) is 2.26. The predicted molar refractivity (Wildman–Crippen MR) is 168 cm³/mol. The molecule has 0 aliphatic carbocycles. The van der Waals surface area contributed by atoms with Gasteiger partial charge in [0.2, 0.25) is 11.7 Å². The number of unbranched alkanes of at least 4 members (excludes halogenated alkanes) is 3. The van der Waals surface area contributed by atoms with E-state index in [4.69, 9.17) is 14.3 Å². The molecule has 2 atom stereocenters. The SMILES string of the molecule is Cc1cccc(-c2cc(C(=O)[C@H](Cc3ccccc3)C(=O)N3C(=O)OC[C@H]3Cc3ccccc3)oc2CCCCCCO)c1. The lowest BCUT2D eigenvalue weighted by atomic mass is 9.91. The second-order valence-corrected chi connectivity index (χ2v) is 11.4. The third kappa shape index (κ3) is 7.53. The Labute approximate surface area is 258 Å². The number of furan rings is 1. The number of cyclic esters (lactones) is 1. The zero-order chi connectivity index (χ0) is 30.9. The first-order valence-electron chi connectivity index (χ1n) is 15.4. The lowest BCUT2D eigenvalue weighted by Gasteiger charge is -2.24. The van der Waals surface area contributed by atoms with E-state index >= 15 is 0 Å². The van der Waals surface area contributed by atoms with Crippen molar-refractivity contribution >= 4 is 17.8 Å². The van der Waals surface area contributed by atoms with Gasteiger partial charge in [0.25, 0.3) is 0 Å². The summed E-state index contributed by atoms with van der Waals surface area (Å²) in [6, 6.07) is 28.2. The van der Waals surface area contributed by atoms with E-state index in [0.29, 0.717) is 18.6 Å². The van der Waals surface area contributed by atoms with Crippen LogP contribution in [0.4, 0.5) is 4.79 Å². The third-order valence-corrected chi connectivity index (χ3v) is 8.10. The van der Waals surface area contributed by atoms with Gasteiger partial charge in [-0.3, -0.25) is 9.59 Å². The van der Waals surface area contributed by atoms with Crippen LogP contribution in [0.3, 0.4) is 0 Å². The van der Waals surface area contributed by atoms with Crippen LogP contribution in [0.25, 0.3) is 11.1 Å². The maximum atomic E-state index is 14.3. The Kier molecular flexibility index (Phi) is 10.4. The number of rotatable bonds is 14. The fourth-order valence-corrected chi connectivity index (χ4v) is 5.79. The highest BCUT2D eigenvalue weighted by Crippen LogP contribution is 2.32. The summed E-state index contributed by atoms with van der Waals surface area (Å²) in [7, 11) is 0. The molecular formula is C37H39NO6. The molecule has 0 saturated carbocycles. The van der Waals surface area contributed by atoms with Crippen LogP contribution in [-0.4, -0.2) is 47.0 Å². The van der Waals surface area contributed by atoms with Gasteiger partial charge in [-0.05, 0) is 55.4 Å². The molecule has 3 aromatic carbocycles. The molecule has 5 rings (SSSR count). The number of ketones is 1. The number of aliphatic hydroxyl groups is 1. The van der Waals surface area contributed by atoms with Crippen molar-refractivity contribution in [3.05, 3.63) is 119 Å². The Morgan fingerprint density at radius 2 is 1.59 bits per heavy atom. The molecule has 0 bridgehead atoms. The van der Waals surface area contributed by atoms with E-state index in [1.54, 1.807) is 6.07 Å². The fraction of sp³-hybridized carbons (Fsp3) is 0.324. The smallest absolute Gasteiger partial charge is 0.417 e. The van der Waals surface area contributed by atoms with Crippen molar-refractivity contribution in [3.8, 4) is 11.1 Å². The van der Waals surface area contributed by atoms with Crippen molar-refractivity contribution < 1.29 is 28.6 Å². The van der Waals surface area contributed by atoms with E-state index in [1.807, 2.05) is 85.8 Å². The number of carbonyl (C=O) groups excluding carboxylic acids is 3. The average Bonchev–Trinajstić information content (AvgIpc) is 3.63. The first-order chi connectivity index (χ1) is 21.4. The van der Waals surface area contributed by atoms with Gasteiger partial charge in [-0.2, -0.15) is 0 Å². The van der Waals surface area contributed by atoms with Crippen LogP contribution in [-0.2, 0) is 28.8 Å². The van der Waals surface area contributed by atoms with E-state index in [0.717, 1.165) is 58.4 Å². The van der Waals surface area contributed by atoms with Crippen molar-refractivity contribution in [2.45, 2.75) is 57.9 Å². The molecule has 0 unspecified atom stereocenters. The standard InChI is InChI=1S/C37H39NO6/c1-26-13-12-18-29(21-26)31-24-34(44-33(31)19-10-2-3-11-20-39)35(40)32(23-28-16-8-5-9-17-28)36(41)38-30(25-43-37(38)42)22-27-14-6-4-7-15-27/h4-9,12-18,21,24,30,32,39H,2-3,10-11,19-20,22-23,25H2,1H3/t30-,32+/m1/s1. The number of imide groups is 1. The highest BCUT2D eigenvalue weighted by molar-refractivity contribution is 6.12. The molecule has 1 aliphatic heterocycles. The van der Waals surface area contributed by atoms with Gasteiger partial charge < -0.3 is 14.3 Å². The van der Waals surface area contributed by atoms with Crippen LogP contribution in [0.5, 0.6) is 0 Å². The second-order valence-electron chi connectivity index (χ2n) is 11.4. The lowest BCUT2D eigenvalue weighted by molar-refractivity contribution is -0.131. The summed E-state index contributed by atoms with van der Waals surface area (Å²) in [4.78, 5) is 42.5. The van der Waals surface area contributed by atoms with Crippen molar-refractivity contribution in [1.82, 2.24) is 4.90 Å². The molecule has 1 aromatic heterocycles. The van der Waals surface area contributed by atoms with Crippen LogP contribution >= 0.6 is 0 Å². The maximum absolute atomic E-state index is 14.3. The summed E-state index contributed by atoms with van der Waals surface area (Å²) in [5.74, 6) is -1.42. The zero-order valence-electron chi connectivity index (χ0n) is 25.1. The van der Waals surface area contributed by atoms with Crippen LogP contribution in [0.15, 0.2) is 95.4 Å². The average molecular weight is 594 g/mol. The van der Waals surface area contributed by atoms with Crippen LogP contribution < -0.4 is 0 Å². The van der Waals surface area contributed by atoms with Crippen molar-refractivity contribution in [1.29, 1.82) is 0 Å². The number of nitrogens with zero attached hydrogens (tertiary/aromatic N) is 1. The summed E-state index contributed by atoms with van der Waals surface area (Å²) in [6.07, 6.45) is 3.87. The second kappa shape index (κ2) is 14.8. The maximum Gasteiger partial charge on any atom is 0.417 e. The van der Waals surface area contributed by atoms with Crippen LogP contribution in [0.1, 0.15) is 58.7 Å². The summed E-state index contributed by atoms with van der Waals surface area (Å²) >= 11 is 0. The highest BCUT2D eigenvalue weighted by atomic mass is 16.6. The molecule has 2 amide bonds. The van der Waals surface area contributed by atoms with Gasteiger partial charge in [0.05, 0.1) is 6.04 Å². The molecule has 2 heterocycles. The molecule has 7 nitrogen and oxygen atoms in total. The summed E-state index contributed by atoms with van der Waals surface area (Å²) in [5.41, 5.74) is 4.63. The lowest BCUT2D eigenvalue weighted by Crippen LogP contribution is -2.46. The Hall–Kier alpha value is -4.49. The molecule has 1 fully saturated rings. The molecule has 44 heavy (non-hydrogen) atoms. The number of hydrogen-bond acceptors (Lipinski definition) is 6. The number of ether oxygens (including phenoxy) is 1. The molecule has 7 heteroatoms. The molecular weight excluding hydrogens is 554 g/mol. The number of aliphatic hydroxyl groups excluding tert-OH is 1. The molecule has 0 spiro atoms. The number of aryl methyl sites for hydroxylation is 2. The van der Waals surface area contributed by atoms with E-state index < -0.39 is 29.7 Å². The van der Waals surface area contributed by atoms with E-state index in [9.17, 15) is 14.4 Å². The first-order valence-corrected chi connectivity index (χ1v) is 15.4. The quantitative estimate of drug-likeness (QED) is 0.0963. The van der Waals surface area contributed by atoms with E-state index in [-0.39, 0.29) is 25.4 Å². The van der Waals surface area contributed by atoms with Gasteiger partial charge in [-0.1, -0.05) is 103 Å². The number of Topliss-reactive ketones (excluding diaryl/α,β-unsaturated/α-hetero) is 1. The summed E-state index contributed by atoms with van der Waals surface area (Å²) in [5, 5.41) is 9.14. The molecule has 0 radical (unpaired) electrons.